The molecule has 1 aliphatic heterocycles. The van der Waals surface area contributed by atoms with Crippen molar-refractivity contribution in [1.29, 1.82) is 0 Å². The van der Waals surface area contributed by atoms with E-state index in [1.54, 1.807) is 6.07 Å². The highest BCUT2D eigenvalue weighted by atomic mass is 16.1. The lowest BCUT2D eigenvalue weighted by molar-refractivity contribution is 0.476. The molecule has 0 unspecified atom stereocenters. The molecule has 0 radical (unpaired) electrons. The van der Waals surface area contributed by atoms with Crippen LogP contribution in [0.3, 0.4) is 0 Å². The molecule has 2 aromatic heterocycles. The van der Waals surface area contributed by atoms with E-state index >= 15 is 0 Å². The SMILES string of the molecule is Cc1c(N)cccc1-c1cc(Nc2cc3n(n2)CCNC3)c(=O)[nH]n1. The molecule has 0 spiro atoms. The second kappa shape index (κ2) is 6.06. The van der Waals surface area contributed by atoms with Gasteiger partial charge in [-0.2, -0.15) is 10.2 Å². The lowest BCUT2D eigenvalue weighted by Gasteiger charge is -2.13. The van der Waals surface area contributed by atoms with Crippen LogP contribution in [0.2, 0.25) is 0 Å². The van der Waals surface area contributed by atoms with Gasteiger partial charge in [-0.15, -0.1) is 0 Å². The average Bonchev–Trinajstić information content (AvgIpc) is 3.02. The Morgan fingerprint density at radius 2 is 2.20 bits per heavy atom. The van der Waals surface area contributed by atoms with Gasteiger partial charge in [0.05, 0.1) is 17.9 Å². The maximum Gasteiger partial charge on any atom is 0.287 e. The summed E-state index contributed by atoms with van der Waals surface area (Å²) in [6, 6.07) is 9.30. The van der Waals surface area contributed by atoms with Crippen LogP contribution in [0.25, 0.3) is 11.3 Å². The summed E-state index contributed by atoms with van der Waals surface area (Å²) in [7, 11) is 0. The minimum atomic E-state index is -0.297. The van der Waals surface area contributed by atoms with Crippen molar-refractivity contribution in [2.75, 3.05) is 17.6 Å². The number of benzene rings is 1. The number of nitrogens with zero attached hydrogens (tertiary/aromatic N) is 3. The second-order valence-corrected chi connectivity index (χ2v) is 6.06. The first-order chi connectivity index (χ1) is 12.1. The minimum Gasteiger partial charge on any atom is -0.398 e. The number of nitrogen functional groups attached to an aromatic ring is 1. The van der Waals surface area contributed by atoms with Crippen LogP contribution >= 0.6 is 0 Å². The van der Waals surface area contributed by atoms with Gasteiger partial charge in [-0.1, -0.05) is 12.1 Å². The Morgan fingerprint density at radius 1 is 1.32 bits per heavy atom. The molecule has 0 saturated carbocycles. The molecule has 128 valence electrons. The first kappa shape index (κ1) is 15.4. The predicted octanol–water partition coefficient (Wildman–Crippen LogP) is 1.37. The molecule has 3 heterocycles. The molecule has 1 aromatic carbocycles. The van der Waals surface area contributed by atoms with Gasteiger partial charge in [0.25, 0.3) is 5.56 Å². The lowest BCUT2D eigenvalue weighted by Crippen LogP contribution is -2.28. The molecule has 0 saturated heterocycles. The average molecular weight is 337 g/mol. The van der Waals surface area contributed by atoms with Crippen molar-refractivity contribution in [2.24, 2.45) is 0 Å². The number of nitrogens with two attached hydrogens (primary N) is 1. The third-order valence-corrected chi connectivity index (χ3v) is 4.39. The van der Waals surface area contributed by atoms with E-state index in [0.29, 0.717) is 22.9 Å². The smallest absolute Gasteiger partial charge is 0.287 e. The fourth-order valence-electron chi connectivity index (χ4n) is 2.96. The van der Waals surface area contributed by atoms with E-state index < -0.39 is 0 Å². The molecule has 8 heteroatoms. The number of rotatable bonds is 3. The number of fused-ring (bicyclic) bond motifs is 1. The summed E-state index contributed by atoms with van der Waals surface area (Å²) in [6.07, 6.45) is 0. The summed E-state index contributed by atoms with van der Waals surface area (Å²) in [4.78, 5) is 12.1. The quantitative estimate of drug-likeness (QED) is 0.537. The lowest BCUT2D eigenvalue weighted by atomic mass is 10.0. The molecule has 0 aliphatic carbocycles. The van der Waals surface area contributed by atoms with Crippen LogP contribution in [0.15, 0.2) is 35.1 Å². The van der Waals surface area contributed by atoms with Crippen LogP contribution in [0, 0.1) is 6.92 Å². The van der Waals surface area contributed by atoms with Gasteiger partial charge in [-0.05, 0) is 24.6 Å². The number of H-pyrrole nitrogens is 1. The van der Waals surface area contributed by atoms with Crippen molar-refractivity contribution >= 4 is 17.2 Å². The summed E-state index contributed by atoms with van der Waals surface area (Å²) in [5, 5.41) is 17.6. The number of nitrogens with one attached hydrogen (secondary N) is 3. The van der Waals surface area contributed by atoms with Crippen molar-refractivity contribution in [3.8, 4) is 11.3 Å². The van der Waals surface area contributed by atoms with Gasteiger partial charge in [-0.25, -0.2) is 5.10 Å². The Morgan fingerprint density at radius 3 is 3.04 bits per heavy atom. The second-order valence-electron chi connectivity index (χ2n) is 6.06. The van der Waals surface area contributed by atoms with Gasteiger partial charge < -0.3 is 16.4 Å². The van der Waals surface area contributed by atoms with E-state index in [2.05, 4.69) is 25.9 Å². The number of aromatic nitrogens is 4. The fourth-order valence-corrected chi connectivity index (χ4v) is 2.96. The molecule has 0 bridgehead atoms. The number of hydrogen-bond acceptors (Lipinski definition) is 6. The Bertz CT molecular complexity index is 965. The maximum absolute atomic E-state index is 12.1. The molecule has 4 rings (SSSR count). The third kappa shape index (κ3) is 2.87. The first-order valence-corrected chi connectivity index (χ1v) is 8.11. The van der Waals surface area contributed by atoms with E-state index in [4.69, 9.17) is 5.73 Å². The zero-order valence-corrected chi connectivity index (χ0v) is 13.8. The highest BCUT2D eigenvalue weighted by Gasteiger charge is 2.14. The Labute approximate surface area is 144 Å². The monoisotopic (exact) mass is 337 g/mol. The molecule has 0 fully saturated rings. The van der Waals surface area contributed by atoms with Crippen molar-refractivity contribution in [3.63, 3.8) is 0 Å². The van der Waals surface area contributed by atoms with Gasteiger partial charge in [0, 0.05) is 30.4 Å². The van der Waals surface area contributed by atoms with Crippen LogP contribution in [0.1, 0.15) is 11.3 Å². The standard InChI is InChI=1S/C17H19N7O/c1-10-12(3-2-4-13(10)18)14-8-15(17(25)22-21-14)20-16-7-11-9-19-5-6-24(11)23-16/h2-4,7-8,19H,5-6,9,18H2,1H3,(H,22,25)(H,20,21,23). The van der Waals surface area contributed by atoms with Crippen molar-refractivity contribution in [2.45, 2.75) is 20.0 Å². The topological polar surface area (TPSA) is 114 Å². The van der Waals surface area contributed by atoms with Gasteiger partial charge in [0.2, 0.25) is 0 Å². The highest BCUT2D eigenvalue weighted by Crippen LogP contribution is 2.26. The molecule has 1 aliphatic rings. The summed E-state index contributed by atoms with van der Waals surface area (Å²) >= 11 is 0. The number of hydrogen-bond donors (Lipinski definition) is 4. The molecular weight excluding hydrogens is 318 g/mol. The Balaban J connectivity index is 1.69. The number of aromatic amines is 1. The summed E-state index contributed by atoms with van der Waals surface area (Å²) < 4.78 is 1.94. The maximum atomic E-state index is 12.1. The van der Waals surface area contributed by atoms with E-state index in [0.717, 1.165) is 36.5 Å². The molecule has 0 atom stereocenters. The van der Waals surface area contributed by atoms with Crippen LogP contribution < -0.4 is 21.9 Å². The normalized spacial score (nSPS) is 13.5. The predicted molar refractivity (Wildman–Crippen MR) is 96.7 cm³/mol. The molecule has 5 N–H and O–H groups in total. The van der Waals surface area contributed by atoms with E-state index in [1.165, 1.54) is 0 Å². The largest absolute Gasteiger partial charge is 0.398 e. The van der Waals surface area contributed by atoms with Gasteiger partial charge >= 0.3 is 0 Å². The molecular formula is C17H19N7O. The van der Waals surface area contributed by atoms with Gasteiger partial charge in [-0.3, -0.25) is 9.48 Å². The first-order valence-electron chi connectivity index (χ1n) is 8.11. The van der Waals surface area contributed by atoms with Crippen molar-refractivity contribution in [3.05, 3.63) is 51.9 Å². The summed E-state index contributed by atoms with van der Waals surface area (Å²) in [5.41, 5.74) is 10.3. The van der Waals surface area contributed by atoms with Crippen molar-refractivity contribution < 1.29 is 0 Å². The molecule has 0 amide bonds. The zero-order valence-electron chi connectivity index (χ0n) is 13.8. The highest BCUT2D eigenvalue weighted by molar-refractivity contribution is 5.72. The van der Waals surface area contributed by atoms with E-state index in [-0.39, 0.29) is 5.56 Å². The van der Waals surface area contributed by atoms with E-state index in [9.17, 15) is 4.79 Å². The molecule has 25 heavy (non-hydrogen) atoms. The van der Waals surface area contributed by atoms with Crippen molar-refractivity contribution in [1.82, 2.24) is 25.3 Å². The molecule has 3 aromatic rings. The third-order valence-electron chi connectivity index (χ3n) is 4.39. The van der Waals surface area contributed by atoms with Crippen LogP contribution in [-0.2, 0) is 13.1 Å². The molecule has 8 nitrogen and oxygen atoms in total. The number of anilines is 3. The van der Waals surface area contributed by atoms with Crippen LogP contribution in [0.4, 0.5) is 17.2 Å². The van der Waals surface area contributed by atoms with Gasteiger partial charge in [0.15, 0.2) is 5.82 Å². The minimum absolute atomic E-state index is 0.297. The Kier molecular flexibility index (Phi) is 3.73. The fraction of sp³-hybridized carbons (Fsp3) is 0.235. The zero-order chi connectivity index (χ0) is 17.4. The van der Waals surface area contributed by atoms with Gasteiger partial charge in [0.1, 0.15) is 5.69 Å². The van der Waals surface area contributed by atoms with Crippen LogP contribution in [-0.4, -0.2) is 26.5 Å². The Hall–Kier alpha value is -3.13. The summed E-state index contributed by atoms with van der Waals surface area (Å²) in [6.45, 7) is 4.41. The van der Waals surface area contributed by atoms with E-state index in [1.807, 2.05) is 35.9 Å². The summed E-state index contributed by atoms with van der Waals surface area (Å²) in [5.74, 6) is 0.644. The van der Waals surface area contributed by atoms with Crippen LogP contribution in [0.5, 0.6) is 0 Å².